The maximum Gasteiger partial charge on any atom is 0.332 e. The van der Waals surface area contributed by atoms with Crippen LogP contribution in [0.15, 0.2) is 0 Å². The smallest absolute Gasteiger partial charge is 0.332 e. The van der Waals surface area contributed by atoms with Crippen LogP contribution >= 0.6 is 11.8 Å². The minimum absolute atomic E-state index is 0.0515. The predicted molar refractivity (Wildman–Crippen MR) is 67.9 cm³/mol. The Morgan fingerprint density at radius 3 is 2.88 bits per heavy atom. The van der Waals surface area contributed by atoms with E-state index in [4.69, 9.17) is 9.47 Å². The Labute approximate surface area is 102 Å². The van der Waals surface area contributed by atoms with Crippen LogP contribution in [0.25, 0.3) is 0 Å². The molecule has 1 atom stereocenters. The lowest BCUT2D eigenvalue weighted by Crippen LogP contribution is -2.27. The van der Waals surface area contributed by atoms with E-state index >= 15 is 0 Å². The zero-order valence-corrected chi connectivity index (χ0v) is 11.3. The minimum Gasteiger partial charge on any atom is -0.464 e. The SMILES string of the molecule is CCOC(=O)COCCNCC(C)CSC. The van der Waals surface area contributed by atoms with Gasteiger partial charge in [-0.25, -0.2) is 4.79 Å². The molecule has 0 radical (unpaired) electrons. The van der Waals surface area contributed by atoms with Crippen LogP contribution in [0.3, 0.4) is 0 Å². The highest BCUT2D eigenvalue weighted by molar-refractivity contribution is 7.98. The topological polar surface area (TPSA) is 47.6 Å². The van der Waals surface area contributed by atoms with Crippen molar-refractivity contribution in [2.75, 3.05) is 44.9 Å². The molecule has 4 nitrogen and oxygen atoms in total. The lowest BCUT2D eigenvalue weighted by Gasteiger charge is -2.11. The van der Waals surface area contributed by atoms with Crippen LogP contribution in [0.1, 0.15) is 13.8 Å². The van der Waals surface area contributed by atoms with Gasteiger partial charge in [-0.15, -0.1) is 0 Å². The molecule has 0 aromatic rings. The maximum atomic E-state index is 10.9. The van der Waals surface area contributed by atoms with Crippen molar-refractivity contribution >= 4 is 17.7 Å². The van der Waals surface area contributed by atoms with Crippen LogP contribution in [0, 0.1) is 5.92 Å². The second-order valence-corrected chi connectivity index (χ2v) is 4.53. The third-order valence-electron chi connectivity index (χ3n) is 1.89. The molecular formula is C11H23NO3S. The Morgan fingerprint density at radius 2 is 2.25 bits per heavy atom. The van der Waals surface area contributed by atoms with Gasteiger partial charge in [0.25, 0.3) is 0 Å². The summed E-state index contributed by atoms with van der Waals surface area (Å²) in [7, 11) is 0. The molecule has 16 heavy (non-hydrogen) atoms. The van der Waals surface area contributed by atoms with E-state index in [9.17, 15) is 4.79 Å². The number of hydrogen-bond acceptors (Lipinski definition) is 5. The van der Waals surface area contributed by atoms with Gasteiger partial charge in [0.15, 0.2) is 0 Å². The zero-order valence-electron chi connectivity index (χ0n) is 10.5. The first-order valence-corrected chi connectivity index (χ1v) is 7.03. The fourth-order valence-electron chi connectivity index (χ4n) is 1.19. The molecule has 0 fully saturated rings. The summed E-state index contributed by atoms with van der Waals surface area (Å²) < 4.78 is 9.88. The van der Waals surface area contributed by atoms with E-state index < -0.39 is 0 Å². The standard InChI is InChI=1S/C11H23NO3S/c1-4-15-11(13)8-14-6-5-12-7-10(2)9-16-3/h10,12H,4-9H2,1-3H3. The van der Waals surface area contributed by atoms with Gasteiger partial charge in [-0.1, -0.05) is 6.92 Å². The van der Waals surface area contributed by atoms with Crippen molar-refractivity contribution in [3.63, 3.8) is 0 Å². The number of carbonyl (C=O) groups excluding carboxylic acids is 1. The molecule has 0 saturated heterocycles. The van der Waals surface area contributed by atoms with E-state index in [1.165, 1.54) is 0 Å². The Bertz CT molecular complexity index is 179. The molecule has 0 spiro atoms. The van der Waals surface area contributed by atoms with E-state index in [0.29, 0.717) is 19.1 Å². The van der Waals surface area contributed by atoms with Crippen molar-refractivity contribution < 1.29 is 14.3 Å². The molecule has 1 N–H and O–H groups in total. The lowest BCUT2D eigenvalue weighted by molar-refractivity contribution is -0.148. The fraction of sp³-hybridized carbons (Fsp3) is 0.909. The second-order valence-electron chi connectivity index (χ2n) is 3.62. The summed E-state index contributed by atoms with van der Waals surface area (Å²) in [4.78, 5) is 10.9. The molecular weight excluding hydrogens is 226 g/mol. The third-order valence-corrected chi connectivity index (χ3v) is 2.79. The molecule has 0 amide bonds. The number of ether oxygens (including phenoxy) is 2. The molecule has 0 aromatic carbocycles. The fourth-order valence-corrected chi connectivity index (χ4v) is 1.88. The van der Waals surface area contributed by atoms with Crippen LogP contribution in [0.5, 0.6) is 0 Å². The van der Waals surface area contributed by atoms with E-state index in [0.717, 1.165) is 18.8 Å². The monoisotopic (exact) mass is 249 g/mol. The van der Waals surface area contributed by atoms with Crippen molar-refractivity contribution in [3.05, 3.63) is 0 Å². The Hall–Kier alpha value is -0.260. The highest BCUT2D eigenvalue weighted by Crippen LogP contribution is 2.01. The molecule has 0 aliphatic carbocycles. The average Bonchev–Trinajstić information content (AvgIpc) is 2.24. The van der Waals surface area contributed by atoms with Gasteiger partial charge in [-0.2, -0.15) is 11.8 Å². The number of carbonyl (C=O) groups is 1. The van der Waals surface area contributed by atoms with Crippen LogP contribution in [-0.4, -0.2) is 50.9 Å². The summed E-state index contributed by atoms with van der Waals surface area (Å²) in [6.07, 6.45) is 2.11. The molecule has 0 bridgehead atoms. The lowest BCUT2D eigenvalue weighted by atomic mass is 10.2. The van der Waals surface area contributed by atoms with Gasteiger partial charge in [0, 0.05) is 6.54 Å². The van der Waals surface area contributed by atoms with Gasteiger partial charge in [0.1, 0.15) is 6.61 Å². The van der Waals surface area contributed by atoms with Crippen LogP contribution < -0.4 is 5.32 Å². The summed E-state index contributed by atoms with van der Waals surface area (Å²) in [6.45, 7) is 6.77. The molecule has 96 valence electrons. The molecule has 0 aromatic heterocycles. The number of rotatable bonds is 10. The number of thioether (sulfide) groups is 1. The highest BCUT2D eigenvalue weighted by atomic mass is 32.2. The summed E-state index contributed by atoms with van der Waals surface area (Å²) in [5, 5.41) is 3.29. The Morgan fingerprint density at radius 1 is 1.50 bits per heavy atom. The summed E-state index contributed by atoms with van der Waals surface area (Å²) in [5.41, 5.74) is 0. The van der Waals surface area contributed by atoms with E-state index in [1.54, 1.807) is 6.92 Å². The summed E-state index contributed by atoms with van der Waals surface area (Å²) >= 11 is 1.85. The number of nitrogens with one attached hydrogen (secondary N) is 1. The highest BCUT2D eigenvalue weighted by Gasteiger charge is 2.01. The molecule has 1 unspecified atom stereocenters. The van der Waals surface area contributed by atoms with Gasteiger partial charge >= 0.3 is 5.97 Å². The second kappa shape index (κ2) is 11.2. The summed E-state index contributed by atoms with van der Waals surface area (Å²) in [6, 6.07) is 0. The summed E-state index contributed by atoms with van der Waals surface area (Å²) in [5.74, 6) is 1.54. The van der Waals surface area contributed by atoms with Gasteiger partial charge in [0.05, 0.1) is 13.2 Å². The number of hydrogen-bond donors (Lipinski definition) is 1. The van der Waals surface area contributed by atoms with E-state index in [1.807, 2.05) is 11.8 Å². The first kappa shape index (κ1) is 15.7. The van der Waals surface area contributed by atoms with Gasteiger partial charge in [0.2, 0.25) is 0 Å². The van der Waals surface area contributed by atoms with Crippen LogP contribution in [0.2, 0.25) is 0 Å². The maximum absolute atomic E-state index is 10.9. The minimum atomic E-state index is -0.293. The van der Waals surface area contributed by atoms with Crippen molar-refractivity contribution in [1.29, 1.82) is 0 Å². The molecule has 0 heterocycles. The molecule has 0 rings (SSSR count). The molecule has 0 saturated carbocycles. The van der Waals surface area contributed by atoms with Gasteiger partial charge in [-0.3, -0.25) is 0 Å². The van der Waals surface area contributed by atoms with Gasteiger partial charge < -0.3 is 14.8 Å². The average molecular weight is 249 g/mol. The molecule has 5 heteroatoms. The largest absolute Gasteiger partial charge is 0.464 e. The zero-order chi connectivity index (χ0) is 12.2. The number of esters is 1. The van der Waals surface area contributed by atoms with E-state index in [-0.39, 0.29) is 12.6 Å². The van der Waals surface area contributed by atoms with Crippen LogP contribution in [-0.2, 0) is 14.3 Å². The quantitative estimate of drug-likeness (QED) is 0.465. The van der Waals surface area contributed by atoms with Crippen molar-refractivity contribution in [3.8, 4) is 0 Å². The molecule has 0 aliphatic rings. The van der Waals surface area contributed by atoms with Crippen molar-refractivity contribution in [2.24, 2.45) is 5.92 Å². The van der Waals surface area contributed by atoms with E-state index in [2.05, 4.69) is 18.5 Å². The van der Waals surface area contributed by atoms with Crippen molar-refractivity contribution in [2.45, 2.75) is 13.8 Å². The third kappa shape index (κ3) is 10.3. The Kier molecular flexibility index (Phi) is 11.0. The van der Waals surface area contributed by atoms with Gasteiger partial charge in [-0.05, 0) is 31.4 Å². The predicted octanol–water partition coefficient (Wildman–Crippen LogP) is 1.15. The Balaban J connectivity index is 3.18. The molecule has 0 aliphatic heterocycles. The first-order chi connectivity index (χ1) is 7.70. The first-order valence-electron chi connectivity index (χ1n) is 5.63. The normalized spacial score (nSPS) is 12.4. The van der Waals surface area contributed by atoms with Crippen molar-refractivity contribution in [1.82, 2.24) is 5.32 Å². The van der Waals surface area contributed by atoms with Crippen LogP contribution in [0.4, 0.5) is 0 Å².